The Bertz CT molecular complexity index is 1090. The fraction of sp³-hybridized carbons (Fsp3) is 0.692. The molecular formula is C26H34O11. The molecule has 2 saturated heterocycles. The molecule has 2 fully saturated rings. The zero-order chi connectivity index (χ0) is 27.7. The fourth-order valence-electron chi connectivity index (χ4n) is 6.41. The van der Waals surface area contributed by atoms with Gasteiger partial charge in [0.25, 0.3) is 0 Å². The Kier molecular flexibility index (Phi) is 6.37. The number of hydrogen-bond donors (Lipinski definition) is 2. The zero-order valence-corrected chi connectivity index (χ0v) is 22.0. The van der Waals surface area contributed by atoms with Gasteiger partial charge < -0.3 is 33.9 Å². The number of ether oxygens (including phenoxy) is 5. The summed E-state index contributed by atoms with van der Waals surface area (Å²) < 4.78 is 28.5. The van der Waals surface area contributed by atoms with Gasteiger partial charge in [0.2, 0.25) is 0 Å². The third-order valence-corrected chi connectivity index (χ3v) is 8.33. The van der Waals surface area contributed by atoms with Crippen molar-refractivity contribution in [1.29, 1.82) is 0 Å². The summed E-state index contributed by atoms with van der Waals surface area (Å²) in [5.74, 6) is -3.80. The minimum atomic E-state index is -1.91. The van der Waals surface area contributed by atoms with Crippen molar-refractivity contribution in [2.75, 3.05) is 0 Å². The molecular weight excluding hydrogens is 488 g/mol. The van der Waals surface area contributed by atoms with Crippen molar-refractivity contribution in [3.63, 3.8) is 0 Å². The van der Waals surface area contributed by atoms with Gasteiger partial charge in [-0.2, -0.15) is 0 Å². The van der Waals surface area contributed by atoms with Gasteiger partial charge in [-0.05, 0) is 38.5 Å². The van der Waals surface area contributed by atoms with Crippen LogP contribution >= 0.6 is 0 Å². The van der Waals surface area contributed by atoms with Crippen LogP contribution in [-0.4, -0.2) is 81.4 Å². The highest BCUT2D eigenvalue weighted by molar-refractivity contribution is 5.89. The lowest BCUT2D eigenvalue weighted by molar-refractivity contribution is -0.216. The summed E-state index contributed by atoms with van der Waals surface area (Å²) in [5.41, 5.74) is -5.85. The van der Waals surface area contributed by atoms with E-state index < -0.39 is 82.5 Å². The van der Waals surface area contributed by atoms with Crippen LogP contribution in [0.1, 0.15) is 54.9 Å². The molecule has 10 atom stereocenters. The molecule has 11 heteroatoms. The van der Waals surface area contributed by atoms with E-state index in [9.17, 15) is 29.4 Å². The van der Waals surface area contributed by atoms with Crippen LogP contribution in [0.5, 0.6) is 0 Å². The zero-order valence-electron chi connectivity index (χ0n) is 22.0. The van der Waals surface area contributed by atoms with Crippen LogP contribution in [0.25, 0.3) is 0 Å². The Labute approximate surface area is 214 Å². The number of aliphatic hydroxyl groups is 2. The topological polar surface area (TPSA) is 158 Å². The van der Waals surface area contributed by atoms with Crippen LogP contribution in [0, 0.1) is 11.3 Å². The summed E-state index contributed by atoms with van der Waals surface area (Å²) in [6.45, 7) is 9.87. The lowest BCUT2D eigenvalue weighted by atomic mass is 9.55. The number of rotatable bonds is 3. The first-order chi connectivity index (χ1) is 17.0. The van der Waals surface area contributed by atoms with Crippen molar-refractivity contribution in [2.45, 2.75) is 102 Å². The molecule has 2 aliphatic heterocycles. The summed E-state index contributed by atoms with van der Waals surface area (Å²) in [7, 11) is 0. The van der Waals surface area contributed by atoms with Gasteiger partial charge in [-0.25, -0.2) is 4.79 Å². The summed E-state index contributed by atoms with van der Waals surface area (Å²) in [5, 5.41) is 23.6. The molecule has 0 unspecified atom stereocenters. The molecule has 0 aromatic rings. The van der Waals surface area contributed by atoms with Crippen LogP contribution in [0.15, 0.2) is 23.8 Å². The number of esters is 4. The molecule has 2 heterocycles. The number of fused-ring (bicyclic) bond motifs is 1. The van der Waals surface area contributed by atoms with Gasteiger partial charge in [-0.15, -0.1) is 0 Å². The summed E-state index contributed by atoms with van der Waals surface area (Å²) >= 11 is 0. The molecule has 0 aromatic carbocycles. The minimum absolute atomic E-state index is 0.0772. The van der Waals surface area contributed by atoms with Crippen molar-refractivity contribution >= 4 is 23.9 Å². The van der Waals surface area contributed by atoms with Crippen LogP contribution in [-0.2, 0) is 42.9 Å². The highest BCUT2D eigenvalue weighted by Crippen LogP contribution is 2.65. The fourth-order valence-corrected chi connectivity index (χ4v) is 6.41. The monoisotopic (exact) mass is 522 g/mol. The van der Waals surface area contributed by atoms with Gasteiger partial charge in [0.15, 0.2) is 17.3 Å². The van der Waals surface area contributed by atoms with Gasteiger partial charge in [-0.1, -0.05) is 13.0 Å². The Hall–Kier alpha value is -2.76. The van der Waals surface area contributed by atoms with E-state index in [1.54, 1.807) is 26.0 Å². The maximum atomic E-state index is 13.0. The molecule has 1 spiro atoms. The summed E-state index contributed by atoms with van der Waals surface area (Å²) in [6.07, 6.45) is -1.15. The SMILES string of the molecule is CC(=O)O[C@@H]1C[C@H](O)[C@@]2(C)C=C[C@@H](OC(C)=O)[C@@](C)(O)[C@@H]2[C@H](OC(C)=O)[C@]23O[C@@]2(C)C(=O)O[C@H]3C=C1C. The van der Waals surface area contributed by atoms with E-state index in [0.29, 0.717) is 5.57 Å². The second-order valence-corrected chi connectivity index (χ2v) is 11.0. The second-order valence-electron chi connectivity index (χ2n) is 11.0. The largest absolute Gasteiger partial charge is 0.459 e. The van der Waals surface area contributed by atoms with Crippen LogP contribution < -0.4 is 0 Å². The lowest BCUT2D eigenvalue weighted by Crippen LogP contribution is -2.67. The van der Waals surface area contributed by atoms with Crippen molar-refractivity contribution in [3.05, 3.63) is 23.8 Å². The average molecular weight is 523 g/mol. The van der Waals surface area contributed by atoms with Gasteiger partial charge in [0.05, 0.1) is 6.10 Å². The van der Waals surface area contributed by atoms with Crippen molar-refractivity contribution in [2.24, 2.45) is 11.3 Å². The Morgan fingerprint density at radius 1 is 1.03 bits per heavy atom. The summed E-state index contributed by atoms with van der Waals surface area (Å²) in [4.78, 5) is 49.2. The third kappa shape index (κ3) is 3.98. The van der Waals surface area contributed by atoms with Crippen molar-refractivity contribution in [3.8, 4) is 0 Å². The third-order valence-electron chi connectivity index (χ3n) is 8.33. The standard InChI is InChI=1S/C26H34O11/c1-12-10-19-26(25(7,37-26)22(31)36-19)21(35-15(4)29)20-23(5,17(30)11-16(12)33-13(2)27)9-8-18(24(20,6)32)34-14(3)28/h8-10,16-21,30,32H,11H2,1-7H3/t16-,17+,18-,19+,20-,21+,23-,24-,25+,26+/m1/s1. The number of carbonyl (C=O) groups is 4. The van der Waals surface area contributed by atoms with Crippen LogP contribution in [0.3, 0.4) is 0 Å². The van der Waals surface area contributed by atoms with E-state index in [1.807, 2.05) is 0 Å². The minimum Gasteiger partial charge on any atom is -0.459 e. The van der Waals surface area contributed by atoms with E-state index in [4.69, 9.17) is 23.7 Å². The van der Waals surface area contributed by atoms with Crippen LogP contribution in [0.4, 0.5) is 0 Å². The number of aliphatic hydroxyl groups excluding tert-OH is 1. The molecule has 0 aromatic heterocycles. The van der Waals surface area contributed by atoms with E-state index in [-0.39, 0.29) is 6.42 Å². The predicted octanol–water partition coefficient (Wildman–Crippen LogP) is 0.889. The first-order valence-electron chi connectivity index (χ1n) is 12.2. The molecule has 0 saturated carbocycles. The molecule has 2 aliphatic carbocycles. The van der Waals surface area contributed by atoms with Gasteiger partial charge in [0.1, 0.15) is 23.9 Å². The Balaban J connectivity index is 1.99. The number of epoxide rings is 1. The Morgan fingerprint density at radius 3 is 2.16 bits per heavy atom. The molecule has 4 aliphatic rings. The van der Waals surface area contributed by atoms with Crippen molar-refractivity contribution in [1.82, 2.24) is 0 Å². The van der Waals surface area contributed by atoms with Crippen molar-refractivity contribution < 1.29 is 53.1 Å². The second kappa shape index (κ2) is 8.64. The highest BCUT2D eigenvalue weighted by Gasteiger charge is 2.87. The Morgan fingerprint density at radius 2 is 1.62 bits per heavy atom. The predicted molar refractivity (Wildman–Crippen MR) is 125 cm³/mol. The summed E-state index contributed by atoms with van der Waals surface area (Å²) in [6, 6.07) is 0. The van der Waals surface area contributed by atoms with E-state index in [1.165, 1.54) is 40.7 Å². The normalized spacial score (nSPS) is 46.3. The van der Waals surface area contributed by atoms with E-state index in [0.717, 1.165) is 0 Å². The van der Waals surface area contributed by atoms with E-state index in [2.05, 4.69) is 0 Å². The first kappa shape index (κ1) is 27.3. The molecule has 204 valence electrons. The molecule has 2 N–H and O–H groups in total. The number of hydrogen-bond acceptors (Lipinski definition) is 11. The number of carbonyl (C=O) groups excluding carboxylic acids is 4. The molecule has 0 amide bonds. The van der Waals surface area contributed by atoms with E-state index >= 15 is 0 Å². The average Bonchev–Trinajstić information content (AvgIpc) is 3.34. The highest BCUT2D eigenvalue weighted by atomic mass is 16.7. The molecule has 0 radical (unpaired) electrons. The smallest absolute Gasteiger partial charge is 0.342 e. The maximum absolute atomic E-state index is 13.0. The lowest BCUT2D eigenvalue weighted by Gasteiger charge is -2.54. The molecule has 37 heavy (non-hydrogen) atoms. The van der Waals surface area contributed by atoms with Gasteiger partial charge >= 0.3 is 23.9 Å². The quantitative estimate of drug-likeness (QED) is 0.235. The van der Waals surface area contributed by atoms with Gasteiger partial charge in [0, 0.05) is 38.5 Å². The molecule has 4 rings (SSSR count). The molecule has 0 bridgehead atoms. The molecule has 11 nitrogen and oxygen atoms in total. The maximum Gasteiger partial charge on any atom is 0.342 e. The first-order valence-corrected chi connectivity index (χ1v) is 12.2. The van der Waals surface area contributed by atoms with Crippen LogP contribution in [0.2, 0.25) is 0 Å². The van der Waals surface area contributed by atoms with Gasteiger partial charge in [-0.3, -0.25) is 14.4 Å².